The molecule has 0 aliphatic carbocycles. The zero-order chi connectivity index (χ0) is 8.60. The summed E-state index contributed by atoms with van der Waals surface area (Å²) in [6.45, 7) is 5.28. The van der Waals surface area contributed by atoms with Gasteiger partial charge in [-0.25, -0.2) is 0 Å². The van der Waals surface area contributed by atoms with Crippen LogP contribution in [-0.4, -0.2) is 37.1 Å². The van der Waals surface area contributed by atoms with Gasteiger partial charge in [0, 0.05) is 19.7 Å². The first kappa shape index (κ1) is 8.05. The molecule has 2 rings (SSSR count). The average Bonchev–Trinajstić information content (AvgIpc) is 2.33. The van der Waals surface area contributed by atoms with Crippen molar-refractivity contribution in [2.75, 3.05) is 26.3 Å². The molecule has 3 heteroatoms. The van der Waals surface area contributed by atoms with Crippen molar-refractivity contribution in [3.05, 3.63) is 0 Å². The number of nitrogens with zero attached hydrogens (tertiary/aromatic N) is 1. The van der Waals surface area contributed by atoms with E-state index in [0.717, 1.165) is 26.1 Å². The molecule has 0 saturated carbocycles. The molecule has 0 radical (unpaired) electrons. The summed E-state index contributed by atoms with van der Waals surface area (Å²) in [5, 5.41) is 0. The highest BCUT2D eigenvalue weighted by Gasteiger charge is 2.41. The van der Waals surface area contributed by atoms with Crippen molar-refractivity contribution in [2.45, 2.75) is 19.8 Å². The summed E-state index contributed by atoms with van der Waals surface area (Å²) in [6, 6.07) is 0. The van der Waals surface area contributed by atoms with Crippen LogP contribution in [0.4, 0.5) is 0 Å². The van der Waals surface area contributed by atoms with Crippen LogP contribution in [0.25, 0.3) is 0 Å². The Bertz CT molecular complexity index is 193. The number of hydrogen-bond acceptors (Lipinski definition) is 2. The fourth-order valence-electron chi connectivity index (χ4n) is 1.74. The van der Waals surface area contributed by atoms with Gasteiger partial charge < -0.3 is 9.64 Å². The third kappa shape index (κ3) is 1.12. The molecule has 68 valence electrons. The van der Waals surface area contributed by atoms with E-state index in [0.29, 0.717) is 12.5 Å². The summed E-state index contributed by atoms with van der Waals surface area (Å²) in [6.07, 6.45) is 2.06. The molecule has 2 heterocycles. The Morgan fingerprint density at radius 1 is 1.50 bits per heavy atom. The number of rotatable bonds is 1. The summed E-state index contributed by atoms with van der Waals surface area (Å²) >= 11 is 0. The van der Waals surface area contributed by atoms with E-state index >= 15 is 0 Å². The number of hydrogen-bond donors (Lipinski definition) is 0. The maximum absolute atomic E-state index is 11.8. The second-order valence-electron chi connectivity index (χ2n) is 4.01. The number of carbonyl (C=O) groups is 1. The summed E-state index contributed by atoms with van der Waals surface area (Å²) in [4.78, 5) is 13.7. The zero-order valence-corrected chi connectivity index (χ0v) is 7.51. The number of amides is 1. The van der Waals surface area contributed by atoms with E-state index in [9.17, 15) is 4.79 Å². The van der Waals surface area contributed by atoms with Gasteiger partial charge in [-0.05, 0) is 19.8 Å². The minimum Gasteiger partial charge on any atom is -0.380 e. The second-order valence-corrected chi connectivity index (χ2v) is 4.01. The Hall–Kier alpha value is -0.570. The molecule has 2 saturated heterocycles. The van der Waals surface area contributed by atoms with Crippen LogP contribution in [0.15, 0.2) is 0 Å². The highest BCUT2D eigenvalue weighted by molar-refractivity contribution is 5.83. The minimum absolute atomic E-state index is 0.208. The van der Waals surface area contributed by atoms with Crippen molar-refractivity contribution in [2.24, 2.45) is 5.41 Å². The van der Waals surface area contributed by atoms with Crippen LogP contribution in [0.1, 0.15) is 19.8 Å². The van der Waals surface area contributed by atoms with Crippen LogP contribution in [0.3, 0.4) is 0 Å². The summed E-state index contributed by atoms with van der Waals surface area (Å²) in [5.41, 5.74) is -0.208. The molecule has 0 bridgehead atoms. The van der Waals surface area contributed by atoms with E-state index in [1.54, 1.807) is 0 Å². The Morgan fingerprint density at radius 3 is 2.67 bits per heavy atom. The van der Waals surface area contributed by atoms with Crippen molar-refractivity contribution < 1.29 is 9.53 Å². The second kappa shape index (κ2) is 2.73. The molecule has 1 amide bonds. The quantitative estimate of drug-likeness (QED) is 0.576. The fourth-order valence-corrected chi connectivity index (χ4v) is 1.74. The monoisotopic (exact) mass is 169 g/mol. The smallest absolute Gasteiger partial charge is 0.230 e. The first-order valence-electron chi connectivity index (χ1n) is 4.59. The molecule has 0 N–H and O–H groups in total. The third-order valence-corrected chi connectivity index (χ3v) is 2.88. The van der Waals surface area contributed by atoms with Gasteiger partial charge in [-0.2, -0.15) is 0 Å². The van der Waals surface area contributed by atoms with Gasteiger partial charge in [0.1, 0.15) is 0 Å². The van der Waals surface area contributed by atoms with E-state index < -0.39 is 0 Å². The van der Waals surface area contributed by atoms with Crippen LogP contribution < -0.4 is 0 Å². The van der Waals surface area contributed by atoms with Crippen LogP contribution in [0.2, 0.25) is 0 Å². The maximum Gasteiger partial charge on any atom is 0.230 e. The number of carbonyl (C=O) groups excluding carboxylic acids is 1. The van der Waals surface area contributed by atoms with Crippen molar-refractivity contribution in [1.29, 1.82) is 0 Å². The molecule has 0 aromatic carbocycles. The Balaban J connectivity index is 2.01. The lowest BCUT2D eigenvalue weighted by Gasteiger charge is -2.36. The molecule has 2 fully saturated rings. The predicted molar refractivity (Wildman–Crippen MR) is 44.7 cm³/mol. The van der Waals surface area contributed by atoms with E-state index in [4.69, 9.17) is 4.74 Å². The molecular weight excluding hydrogens is 154 g/mol. The Kier molecular flexibility index (Phi) is 1.83. The van der Waals surface area contributed by atoms with Gasteiger partial charge >= 0.3 is 0 Å². The molecule has 1 atom stereocenters. The lowest BCUT2D eigenvalue weighted by atomic mass is 9.87. The minimum atomic E-state index is -0.208. The molecule has 2 aliphatic heterocycles. The van der Waals surface area contributed by atoms with Gasteiger partial charge in [0.05, 0.1) is 12.0 Å². The third-order valence-electron chi connectivity index (χ3n) is 2.88. The van der Waals surface area contributed by atoms with E-state index in [2.05, 4.69) is 0 Å². The van der Waals surface area contributed by atoms with Crippen molar-refractivity contribution >= 4 is 5.91 Å². The molecular formula is C9H15NO2. The summed E-state index contributed by atoms with van der Waals surface area (Å²) in [7, 11) is 0. The first-order valence-corrected chi connectivity index (χ1v) is 4.59. The summed E-state index contributed by atoms with van der Waals surface area (Å²) in [5.74, 6) is 0.297. The van der Waals surface area contributed by atoms with Crippen molar-refractivity contribution in [3.63, 3.8) is 0 Å². The topological polar surface area (TPSA) is 29.5 Å². The molecule has 12 heavy (non-hydrogen) atoms. The van der Waals surface area contributed by atoms with Crippen molar-refractivity contribution in [3.8, 4) is 0 Å². The van der Waals surface area contributed by atoms with Gasteiger partial charge in [0.2, 0.25) is 5.91 Å². The van der Waals surface area contributed by atoms with Gasteiger partial charge in [-0.15, -0.1) is 0 Å². The highest BCUT2D eigenvalue weighted by atomic mass is 16.5. The van der Waals surface area contributed by atoms with Gasteiger partial charge in [-0.1, -0.05) is 0 Å². The summed E-state index contributed by atoms with van der Waals surface area (Å²) < 4.78 is 5.25. The Morgan fingerprint density at radius 2 is 2.25 bits per heavy atom. The normalized spacial score (nSPS) is 34.9. The fraction of sp³-hybridized carbons (Fsp3) is 0.889. The van der Waals surface area contributed by atoms with Crippen LogP contribution >= 0.6 is 0 Å². The lowest BCUT2D eigenvalue weighted by molar-refractivity contribution is -0.144. The standard InChI is InChI=1S/C9H15NO2/c1-9(3-6-12-7-9)8(11)10-4-2-5-10/h2-7H2,1H3. The molecule has 3 nitrogen and oxygen atoms in total. The van der Waals surface area contributed by atoms with E-state index in [1.807, 2.05) is 11.8 Å². The van der Waals surface area contributed by atoms with Crippen LogP contribution in [-0.2, 0) is 9.53 Å². The Labute approximate surface area is 72.7 Å². The van der Waals surface area contributed by atoms with Gasteiger partial charge in [0.25, 0.3) is 0 Å². The molecule has 2 aliphatic rings. The predicted octanol–water partition coefficient (Wildman–Crippen LogP) is 0.645. The molecule has 0 spiro atoms. The van der Waals surface area contributed by atoms with Gasteiger partial charge in [-0.3, -0.25) is 4.79 Å². The average molecular weight is 169 g/mol. The largest absolute Gasteiger partial charge is 0.380 e. The van der Waals surface area contributed by atoms with Crippen LogP contribution in [0, 0.1) is 5.41 Å². The van der Waals surface area contributed by atoms with E-state index in [-0.39, 0.29) is 5.41 Å². The molecule has 0 aromatic heterocycles. The van der Waals surface area contributed by atoms with Crippen molar-refractivity contribution in [1.82, 2.24) is 4.90 Å². The SMILES string of the molecule is CC1(C(=O)N2CCC2)CCOC1. The number of likely N-dealkylation sites (tertiary alicyclic amines) is 1. The number of ether oxygens (including phenoxy) is 1. The zero-order valence-electron chi connectivity index (χ0n) is 7.51. The van der Waals surface area contributed by atoms with Gasteiger partial charge in [0.15, 0.2) is 0 Å². The molecule has 0 aromatic rings. The first-order chi connectivity index (χ1) is 5.72. The molecule has 1 unspecified atom stereocenters. The lowest BCUT2D eigenvalue weighted by Crippen LogP contribution is -2.49. The van der Waals surface area contributed by atoms with Crippen LogP contribution in [0.5, 0.6) is 0 Å². The highest BCUT2D eigenvalue weighted by Crippen LogP contribution is 2.31. The van der Waals surface area contributed by atoms with E-state index in [1.165, 1.54) is 6.42 Å². The maximum atomic E-state index is 11.8.